The van der Waals surface area contributed by atoms with Gasteiger partial charge in [0.15, 0.2) is 0 Å². The van der Waals surface area contributed by atoms with Crippen molar-refractivity contribution in [1.82, 2.24) is 4.90 Å². The zero-order chi connectivity index (χ0) is 17.5. The summed E-state index contributed by atoms with van der Waals surface area (Å²) >= 11 is 0. The fourth-order valence-electron chi connectivity index (χ4n) is 3.18. The van der Waals surface area contributed by atoms with Crippen molar-refractivity contribution in [2.75, 3.05) is 32.8 Å². The third-order valence-corrected chi connectivity index (χ3v) is 4.66. The van der Waals surface area contributed by atoms with Crippen molar-refractivity contribution in [3.63, 3.8) is 0 Å². The Balaban J connectivity index is 1.78. The van der Waals surface area contributed by atoms with Crippen molar-refractivity contribution in [3.05, 3.63) is 29.3 Å². The maximum atomic E-state index is 11.8. The van der Waals surface area contributed by atoms with Crippen molar-refractivity contribution in [3.8, 4) is 5.75 Å². The largest absolute Gasteiger partial charge is 0.492 e. The Bertz CT molecular complexity index is 534. The van der Waals surface area contributed by atoms with E-state index in [9.17, 15) is 4.79 Å². The molecular weight excluding hydrogens is 302 g/mol. The van der Waals surface area contributed by atoms with Crippen molar-refractivity contribution in [2.24, 2.45) is 5.92 Å². The lowest BCUT2D eigenvalue weighted by Gasteiger charge is -2.30. The standard InChI is InChI=1S/C20H31NO3/c1-5-23-20(22)17-8-10-21(11-9-17)12-13-24-19-14-16(4)6-7-18(19)15(2)3/h6-7,14-15,17H,5,8-13H2,1-4H3. The maximum absolute atomic E-state index is 11.8. The van der Waals surface area contributed by atoms with Crippen LogP contribution in [0.5, 0.6) is 5.75 Å². The minimum absolute atomic E-state index is 0.0327. The van der Waals surface area contributed by atoms with Crippen LogP contribution in [0.25, 0.3) is 0 Å². The number of carbonyl (C=O) groups is 1. The van der Waals surface area contributed by atoms with Crippen LogP contribution in [0.4, 0.5) is 0 Å². The van der Waals surface area contributed by atoms with Crippen LogP contribution in [0.3, 0.4) is 0 Å². The van der Waals surface area contributed by atoms with Gasteiger partial charge in [-0.3, -0.25) is 9.69 Å². The Kier molecular flexibility index (Phi) is 7.10. The van der Waals surface area contributed by atoms with Gasteiger partial charge in [-0.15, -0.1) is 0 Å². The van der Waals surface area contributed by atoms with Gasteiger partial charge >= 0.3 is 5.97 Å². The normalized spacial score (nSPS) is 16.4. The zero-order valence-electron chi connectivity index (χ0n) is 15.5. The molecule has 0 bridgehead atoms. The van der Waals surface area contributed by atoms with Gasteiger partial charge in [-0.2, -0.15) is 0 Å². The molecule has 1 aromatic carbocycles. The van der Waals surface area contributed by atoms with E-state index in [0.717, 1.165) is 38.2 Å². The summed E-state index contributed by atoms with van der Waals surface area (Å²) in [7, 11) is 0. The fourth-order valence-corrected chi connectivity index (χ4v) is 3.18. The van der Waals surface area contributed by atoms with E-state index < -0.39 is 0 Å². The van der Waals surface area contributed by atoms with Gasteiger partial charge in [-0.25, -0.2) is 0 Å². The molecule has 134 valence electrons. The average Bonchev–Trinajstić information content (AvgIpc) is 2.55. The SMILES string of the molecule is CCOC(=O)C1CCN(CCOc2cc(C)ccc2C(C)C)CC1. The number of ether oxygens (including phenoxy) is 2. The number of benzene rings is 1. The van der Waals surface area contributed by atoms with Crippen molar-refractivity contribution < 1.29 is 14.3 Å². The van der Waals surface area contributed by atoms with E-state index in [1.165, 1.54) is 11.1 Å². The highest BCUT2D eigenvalue weighted by atomic mass is 16.5. The molecule has 0 aliphatic carbocycles. The molecule has 1 aliphatic heterocycles. The molecule has 1 aliphatic rings. The summed E-state index contributed by atoms with van der Waals surface area (Å²) in [4.78, 5) is 14.1. The number of rotatable bonds is 7. The summed E-state index contributed by atoms with van der Waals surface area (Å²) in [5.41, 5.74) is 2.49. The number of nitrogens with zero attached hydrogens (tertiary/aromatic N) is 1. The van der Waals surface area contributed by atoms with Crippen LogP contribution in [-0.2, 0) is 9.53 Å². The number of hydrogen-bond acceptors (Lipinski definition) is 4. The summed E-state index contributed by atoms with van der Waals surface area (Å²) in [6, 6.07) is 6.44. The van der Waals surface area contributed by atoms with E-state index in [-0.39, 0.29) is 11.9 Å². The molecule has 1 aromatic rings. The Morgan fingerprint density at radius 1 is 1.29 bits per heavy atom. The van der Waals surface area contributed by atoms with Gasteiger partial charge in [0.1, 0.15) is 12.4 Å². The first kappa shape index (κ1) is 18.8. The molecule has 1 heterocycles. The predicted octanol–water partition coefficient (Wildman–Crippen LogP) is 3.77. The second-order valence-electron chi connectivity index (χ2n) is 6.91. The Labute approximate surface area is 146 Å². The molecule has 1 fully saturated rings. The summed E-state index contributed by atoms with van der Waals surface area (Å²) in [6.07, 6.45) is 1.78. The average molecular weight is 333 g/mol. The molecule has 0 aromatic heterocycles. The maximum Gasteiger partial charge on any atom is 0.309 e. The van der Waals surface area contributed by atoms with E-state index in [1.807, 2.05) is 6.92 Å². The number of piperidine rings is 1. The summed E-state index contributed by atoms with van der Waals surface area (Å²) in [5.74, 6) is 1.51. The molecule has 0 amide bonds. The molecule has 0 saturated carbocycles. The van der Waals surface area contributed by atoms with E-state index >= 15 is 0 Å². The molecule has 4 nitrogen and oxygen atoms in total. The van der Waals surface area contributed by atoms with Gasteiger partial charge < -0.3 is 9.47 Å². The van der Waals surface area contributed by atoms with E-state index in [1.54, 1.807) is 0 Å². The van der Waals surface area contributed by atoms with E-state index in [2.05, 4.69) is 43.9 Å². The molecule has 4 heteroatoms. The van der Waals surface area contributed by atoms with Crippen LogP contribution >= 0.6 is 0 Å². The lowest BCUT2D eigenvalue weighted by atomic mass is 9.97. The van der Waals surface area contributed by atoms with Crippen LogP contribution in [0.2, 0.25) is 0 Å². The van der Waals surface area contributed by atoms with Crippen molar-refractivity contribution >= 4 is 5.97 Å². The lowest BCUT2D eigenvalue weighted by Crippen LogP contribution is -2.39. The quantitative estimate of drug-likeness (QED) is 0.712. The second kappa shape index (κ2) is 9.07. The Hall–Kier alpha value is -1.55. The summed E-state index contributed by atoms with van der Waals surface area (Å²) < 4.78 is 11.2. The highest BCUT2D eigenvalue weighted by Gasteiger charge is 2.25. The molecule has 1 saturated heterocycles. The predicted molar refractivity (Wildman–Crippen MR) is 96.6 cm³/mol. The number of likely N-dealkylation sites (tertiary alicyclic amines) is 1. The van der Waals surface area contributed by atoms with Gasteiger partial charge in [-0.05, 0) is 62.9 Å². The molecule has 0 unspecified atom stereocenters. The molecule has 0 radical (unpaired) electrons. The third kappa shape index (κ3) is 5.23. The van der Waals surface area contributed by atoms with Crippen LogP contribution in [0, 0.1) is 12.8 Å². The van der Waals surface area contributed by atoms with Gasteiger partial charge in [-0.1, -0.05) is 26.0 Å². The molecule has 24 heavy (non-hydrogen) atoms. The van der Waals surface area contributed by atoms with Gasteiger partial charge in [0.05, 0.1) is 12.5 Å². The van der Waals surface area contributed by atoms with Crippen molar-refractivity contribution in [2.45, 2.75) is 46.5 Å². The fraction of sp³-hybridized carbons (Fsp3) is 0.650. The molecule has 2 rings (SSSR count). The first-order valence-electron chi connectivity index (χ1n) is 9.13. The highest BCUT2D eigenvalue weighted by molar-refractivity contribution is 5.72. The number of aryl methyl sites for hydroxylation is 1. The lowest BCUT2D eigenvalue weighted by molar-refractivity contribution is -0.149. The van der Waals surface area contributed by atoms with Crippen LogP contribution in [-0.4, -0.2) is 43.7 Å². The van der Waals surface area contributed by atoms with E-state index in [0.29, 0.717) is 19.1 Å². The van der Waals surface area contributed by atoms with Gasteiger partial charge in [0.2, 0.25) is 0 Å². The third-order valence-electron chi connectivity index (χ3n) is 4.66. The smallest absolute Gasteiger partial charge is 0.309 e. The number of esters is 1. The first-order chi connectivity index (χ1) is 11.5. The number of hydrogen-bond donors (Lipinski definition) is 0. The molecule has 0 atom stereocenters. The monoisotopic (exact) mass is 333 g/mol. The van der Waals surface area contributed by atoms with E-state index in [4.69, 9.17) is 9.47 Å². The Morgan fingerprint density at radius 3 is 2.62 bits per heavy atom. The summed E-state index contributed by atoms with van der Waals surface area (Å²) in [5, 5.41) is 0. The minimum atomic E-state index is -0.0327. The van der Waals surface area contributed by atoms with Crippen LogP contribution in [0.15, 0.2) is 18.2 Å². The molecule has 0 spiro atoms. The summed E-state index contributed by atoms with van der Waals surface area (Å²) in [6.45, 7) is 12.3. The first-order valence-corrected chi connectivity index (χ1v) is 9.13. The Morgan fingerprint density at radius 2 is 2.00 bits per heavy atom. The molecule has 0 N–H and O–H groups in total. The minimum Gasteiger partial charge on any atom is -0.492 e. The van der Waals surface area contributed by atoms with Crippen molar-refractivity contribution in [1.29, 1.82) is 0 Å². The topological polar surface area (TPSA) is 38.8 Å². The number of carbonyl (C=O) groups excluding carboxylic acids is 1. The molecular formula is C20H31NO3. The zero-order valence-corrected chi connectivity index (χ0v) is 15.5. The van der Waals surface area contributed by atoms with Gasteiger partial charge in [0, 0.05) is 6.54 Å². The van der Waals surface area contributed by atoms with Gasteiger partial charge in [0.25, 0.3) is 0 Å². The highest BCUT2D eigenvalue weighted by Crippen LogP contribution is 2.27. The van der Waals surface area contributed by atoms with Crippen LogP contribution < -0.4 is 4.74 Å². The second-order valence-corrected chi connectivity index (χ2v) is 6.91. The van der Waals surface area contributed by atoms with Crippen LogP contribution in [0.1, 0.15) is 50.7 Å².